The van der Waals surface area contributed by atoms with E-state index in [2.05, 4.69) is 43.9 Å². The number of aromatic nitrogens is 3. The van der Waals surface area contributed by atoms with Gasteiger partial charge in [-0.25, -0.2) is 0 Å². The number of pyridine rings is 1. The average Bonchev–Trinajstić information content (AvgIpc) is 2.59. The summed E-state index contributed by atoms with van der Waals surface area (Å²) in [6, 6.07) is 2.08. The Hall–Kier alpha value is -0.590. The topological polar surface area (TPSA) is 44.5 Å². The van der Waals surface area contributed by atoms with Crippen LogP contribution in [0.1, 0.15) is 12.6 Å². The Morgan fingerprint density at radius 2 is 2.24 bits per heavy atom. The summed E-state index contributed by atoms with van der Waals surface area (Å²) in [6.07, 6.45) is 1.80. The van der Waals surface area contributed by atoms with Crippen molar-refractivity contribution in [1.82, 2.24) is 15.0 Å². The van der Waals surface area contributed by atoms with Crippen LogP contribution in [-0.2, 0) is 0 Å². The van der Waals surface area contributed by atoms with Gasteiger partial charge in [-0.15, -0.1) is 11.8 Å². The monoisotopic (exact) mass is 329 g/mol. The van der Waals surface area contributed by atoms with Crippen molar-refractivity contribution in [3.05, 3.63) is 27.2 Å². The number of rotatable bonds is 3. The third-order valence-corrected chi connectivity index (χ3v) is 3.82. The second-order valence-electron chi connectivity index (χ2n) is 3.51. The van der Waals surface area contributed by atoms with Gasteiger partial charge in [0.1, 0.15) is 5.69 Å². The van der Waals surface area contributed by atoms with E-state index in [4.69, 9.17) is 12.2 Å². The summed E-state index contributed by atoms with van der Waals surface area (Å²) in [4.78, 5) is 11.9. The van der Waals surface area contributed by atoms with Crippen molar-refractivity contribution in [3.63, 3.8) is 0 Å². The van der Waals surface area contributed by atoms with Gasteiger partial charge in [-0.1, -0.05) is 6.92 Å². The molecule has 0 fully saturated rings. The summed E-state index contributed by atoms with van der Waals surface area (Å²) < 4.78 is 1.62. The Balaban J connectivity index is 2.58. The summed E-state index contributed by atoms with van der Waals surface area (Å²) in [5, 5.41) is 0. The van der Waals surface area contributed by atoms with Crippen molar-refractivity contribution in [1.29, 1.82) is 0 Å². The van der Waals surface area contributed by atoms with Crippen LogP contribution in [0, 0.1) is 11.7 Å². The van der Waals surface area contributed by atoms with Crippen molar-refractivity contribution in [2.75, 3.05) is 5.75 Å². The standard InChI is InChI=1S/C11H12BrN3S2/c1-3-17-8-4-7(12)5-13-10(8)9-6(2)14-11(16)15-9/h4-5H,3H2,1-2H3,(H2,14,15,16). The molecule has 0 radical (unpaired) electrons. The lowest BCUT2D eigenvalue weighted by atomic mass is 10.2. The highest BCUT2D eigenvalue weighted by molar-refractivity contribution is 9.10. The van der Waals surface area contributed by atoms with Crippen LogP contribution in [0.4, 0.5) is 0 Å². The van der Waals surface area contributed by atoms with E-state index < -0.39 is 0 Å². The molecule has 0 aromatic carbocycles. The fourth-order valence-corrected chi connectivity index (χ4v) is 3.13. The molecular weight excluding hydrogens is 318 g/mol. The van der Waals surface area contributed by atoms with Crippen LogP contribution in [0.2, 0.25) is 0 Å². The molecule has 6 heteroatoms. The van der Waals surface area contributed by atoms with Gasteiger partial charge in [-0.05, 0) is 46.9 Å². The zero-order valence-corrected chi connectivity index (χ0v) is 12.7. The van der Waals surface area contributed by atoms with Gasteiger partial charge in [0.25, 0.3) is 0 Å². The van der Waals surface area contributed by atoms with E-state index in [0.29, 0.717) is 4.77 Å². The first kappa shape index (κ1) is 12.9. The van der Waals surface area contributed by atoms with E-state index in [1.165, 1.54) is 0 Å². The van der Waals surface area contributed by atoms with Crippen molar-refractivity contribution < 1.29 is 0 Å². The van der Waals surface area contributed by atoms with E-state index >= 15 is 0 Å². The molecule has 0 spiro atoms. The first-order chi connectivity index (χ1) is 8.11. The normalized spacial score (nSPS) is 10.8. The maximum Gasteiger partial charge on any atom is 0.175 e. The molecule has 90 valence electrons. The van der Waals surface area contributed by atoms with E-state index in [-0.39, 0.29) is 0 Å². The lowest BCUT2D eigenvalue weighted by Crippen LogP contribution is -1.90. The Morgan fingerprint density at radius 3 is 2.82 bits per heavy atom. The van der Waals surface area contributed by atoms with Gasteiger partial charge in [0.2, 0.25) is 0 Å². The van der Waals surface area contributed by atoms with Gasteiger partial charge in [0.15, 0.2) is 4.77 Å². The van der Waals surface area contributed by atoms with Crippen molar-refractivity contribution >= 4 is 39.9 Å². The van der Waals surface area contributed by atoms with Crippen molar-refractivity contribution in [2.45, 2.75) is 18.7 Å². The molecule has 0 aliphatic heterocycles. The molecule has 17 heavy (non-hydrogen) atoms. The highest BCUT2D eigenvalue weighted by atomic mass is 79.9. The number of aryl methyl sites for hydroxylation is 1. The molecular formula is C11H12BrN3S2. The molecule has 2 heterocycles. The summed E-state index contributed by atoms with van der Waals surface area (Å²) in [5.41, 5.74) is 2.94. The number of aromatic amines is 2. The maximum absolute atomic E-state index is 5.10. The quantitative estimate of drug-likeness (QED) is 0.651. The molecule has 2 aromatic heterocycles. The number of nitrogens with zero attached hydrogens (tertiary/aromatic N) is 1. The third kappa shape index (κ3) is 2.81. The van der Waals surface area contributed by atoms with E-state index in [0.717, 1.165) is 32.2 Å². The number of H-pyrrole nitrogens is 2. The van der Waals surface area contributed by atoms with Crippen LogP contribution < -0.4 is 0 Å². The van der Waals surface area contributed by atoms with Gasteiger partial charge >= 0.3 is 0 Å². The van der Waals surface area contributed by atoms with Crippen LogP contribution in [0.25, 0.3) is 11.4 Å². The van der Waals surface area contributed by atoms with Crippen LogP contribution in [0.15, 0.2) is 21.6 Å². The molecule has 2 aromatic rings. The highest BCUT2D eigenvalue weighted by Gasteiger charge is 2.12. The summed E-state index contributed by atoms with van der Waals surface area (Å²) in [7, 11) is 0. The smallest absolute Gasteiger partial charge is 0.175 e. The number of nitrogens with one attached hydrogen (secondary N) is 2. The molecule has 2 rings (SSSR count). The molecule has 0 saturated heterocycles. The predicted molar refractivity (Wildman–Crippen MR) is 78.0 cm³/mol. The molecule has 2 N–H and O–H groups in total. The van der Waals surface area contributed by atoms with Crippen LogP contribution >= 0.6 is 39.9 Å². The highest BCUT2D eigenvalue weighted by Crippen LogP contribution is 2.31. The molecule has 0 aliphatic rings. The van der Waals surface area contributed by atoms with Gasteiger partial charge < -0.3 is 9.97 Å². The lowest BCUT2D eigenvalue weighted by molar-refractivity contribution is 1.18. The van der Waals surface area contributed by atoms with Gasteiger partial charge in [-0.2, -0.15) is 0 Å². The molecule has 0 saturated carbocycles. The fraction of sp³-hybridized carbons (Fsp3) is 0.273. The van der Waals surface area contributed by atoms with Gasteiger partial charge in [0, 0.05) is 21.3 Å². The zero-order chi connectivity index (χ0) is 12.4. The summed E-state index contributed by atoms with van der Waals surface area (Å²) >= 11 is 10.3. The molecule has 0 bridgehead atoms. The van der Waals surface area contributed by atoms with Crippen LogP contribution in [-0.4, -0.2) is 20.7 Å². The molecule has 0 atom stereocenters. The third-order valence-electron chi connectivity index (χ3n) is 2.27. The SMILES string of the molecule is CCSc1cc(Br)cnc1-c1[nH]c(=S)[nH]c1C. The van der Waals surface area contributed by atoms with Crippen LogP contribution in [0.5, 0.6) is 0 Å². The molecule has 3 nitrogen and oxygen atoms in total. The second kappa shape index (κ2) is 5.37. The van der Waals surface area contributed by atoms with E-state index in [1.807, 2.05) is 6.92 Å². The van der Waals surface area contributed by atoms with Crippen LogP contribution in [0.3, 0.4) is 0 Å². The Labute approximate surface area is 118 Å². The molecule has 0 unspecified atom stereocenters. The van der Waals surface area contributed by atoms with Crippen molar-refractivity contribution in [2.24, 2.45) is 0 Å². The first-order valence-electron chi connectivity index (χ1n) is 5.19. The number of hydrogen-bond donors (Lipinski definition) is 2. The minimum atomic E-state index is 0.634. The van der Waals surface area contributed by atoms with Gasteiger partial charge in [0.05, 0.1) is 5.69 Å². The minimum Gasteiger partial charge on any atom is -0.334 e. The lowest BCUT2D eigenvalue weighted by Gasteiger charge is -2.07. The van der Waals surface area contributed by atoms with E-state index in [9.17, 15) is 0 Å². The largest absolute Gasteiger partial charge is 0.334 e. The molecule has 0 aliphatic carbocycles. The Morgan fingerprint density at radius 1 is 1.47 bits per heavy atom. The number of thioether (sulfide) groups is 1. The minimum absolute atomic E-state index is 0.634. The second-order valence-corrected chi connectivity index (χ2v) is 6.14. The number of hydrogen-bond acceptors (Lipinski definition) is 3. The summed E-state index contributed by atoms with van der Waals surface area (Å²) in [6.45, 7) is 4.12. The first-order valence-corrected chi connectivity index (χ1v) is 7.38. The summed E-state index contributed by atoms with van der Waals surface area (Å²) in [5.74, 6) is 1.01. The Kier molecular flexibility index (Phi) is 4.06. The maximum atomic E-state index is 5.10. The number of halogens is 1. The predicted octanol–water partition coefficient (Wildman–Crippen LogP) is 4.32. The number of imidazole rings is 1. The average molecular weight is 330 g/mol. The molecule has 0 amide bonds. The zero-order valence-electron chi connectivity index (χ0n) is 9.50. The van der Waals surface area contributed by atoms with Gasteiger partial charge in [-0.3, -0.25) is 4.98 Å². The Bertz CT molecular complexity index is 589. The van der Waals surface area contributed by atoms with E-state index in [1.54, 1.807) is 18.0 Å². The fourth-order valence-electron chi connectivity index (χ4n) is 1.58. The van der Waals surface area contributed by atoms with Crippen molar-refractivity contribution in [3.8, 4) is 11.4 Å².